The number of Topliss-reactive ketones (excluding diaryl/α,β-unsaturated/α-hetero) is 1. The van der Waals surface area contributed by atoms with Gasteiger partial charge in [-0.1, -0.05) is 19.1 Å². The second-order valence-electron chi connectivity index (χ2n) is 5.61. The Morgan fingerprint density at radius 1 is 1.30 bits per heavy atom. The highest BCUT2D eigenvalue weighted by Gasteiger charge is 2.31. The molecule has 1 heterocycles. The molecule has 110 valence electrons. The lowest BCUT2D eigenvalue weighted by atomic mass is 9.98. The number of benzene rings is 1. The maximum atomic E-state index is 12.6. The Kier molecular flexibility index (Phi) is 4.48. The standard InChI is InChI=1S/C15H18F3NO/c1-11-5-7-19(8-6-11)10-14(20)12-3-2-4-13(9-12)15(16,17)18/h2-4,9,11H,5-8,10H2,1H3/p+1. The summed E-state index contributed by atoms with van der Waals surface area (Å²) in [4.78, 5) is 13.3. The SMILES string of the molecule is CC1CC[NH+](CC(=O)c2cccc(C(F)(F)F)c2)CC1. The van der Waals surface area contributed by atoms with Crippen molar-refractivity contribution in [2.24, 2.45) is 5.92 Å². The average Bonchev–Trinajstić information content (AvgIpc) is 2.40. The van der Waals surface area contributed by atoms with Crippen LogP contribution >= 0.6 is 0 Å². The molecule has 0 spiro atoms. The molecule has 5 heteroatoms. The number of carbonyl (C=O) groups is 1. The first-order chi connectivity index (χ1) is 9.36. The van der Waals surface area contributed by atoms with E-state index in [1.807, 2.05) is 0 Å². The highest BCUT2D eigenvalue weighted by molar-refractivity contribution is 5.97. The van der Waals surface area contributed by atoms with E-state index in [1.54, 1.807) is 0 Å². The van der Waals surface area contributed by atoms with Crippen molar-refractivity contribution in [2.75, 3.05) is 19.6 Å². The van der Waals surface area contributed by atoms with Crippen LogP contribution in [0.3, 0.4) is 0 Å². The van der Waals surface area contributed by atoms with Crippen LogP contribution < -0.4 is 4.90 Å². The van der Waals surface area contributed by atoms with E-state index in [4.69, 9.17) is 0 Å². The smallest absolute Gasteiger partial charge is 0.328 e. The van der Waals surface area contributed by atoms with Crippen molar-refractivity contribution in [3.63, 3.8) is 0 Å². The van der Waals surface area contributed by atoms with Gasteiger partial charge in [0.1, 0.15) is 6.54 Å². The van der Waals surface area contributed by atoms with Crippen LogP contribution in [0.4, 0.5) is 13.2 Å². The van der Waals surface area contributed by atoms with E-state index in [0.717, 1.165) is 38.1 Å². The number of hydrogen-bond acceptors (Lipinski definition) is 1. The van der Waals surface area contributed by atoms with Crippen LogP contribution in [-0.2, 0) is 6.18 Å². The Bertz CT molecular complexity index is 476. The molecule has 1 N–H and O–H groups in total. The number of halogens is 3. The Labute approximate surface area is 116 Å². The van der Waals surface area contributed by atoms with Crippen LogP contribution in [0.5, 0.6) is 0 Å². The summed E-state index contributed by atoms with van der Waals surface area (Å²) in [5, 5.41) is 0. The van der Waals surface area contributed by atoms with Crippen LogP contribution in [-0.4, -0.2) is 25.4 Å². The van der Waals surface area contributed by atoms with Crippen molar-refractivity contribution in [1.29, 1.82) is 0 Å². The second-order valence-corrected chi connectivity index (χ2v) is 5.61. The molecule has 1 fully saturated rings. The maximum Gasteiger partial charge on any atom is 0.416 e. The van der Waals surface area contributed by atoms with E-state index in [9.17, 15) is 18.0 Å². The molecule has 1 aromatic carbocycles. The molecule has 0 aliphatic carbocycles. The van der Waals surface area contributed by atoms with Crippen LogP contribution in [0.1, 0.15) is 35.7 Å². The van der Waals surface area contributed by atoms with Gasteiger partial charge in [-0.2, -0.15) is 13.2 Å². The second kappa shape index (κ2) is 5.95. The zero-order chi connectivity index (χ0) is 14.8. The first-order valence-corrected chi connectivity index (χ1v) is 6.90. The molecule has 0 aromatic heterocycles. The Morgan fingerprint density at radius 3 is 2.55 bits per heavy atom. The zero-order valence-electron chi connectivity index (χ0n) is 11.5. The molecular formula is C15H19F3NO+. The maximum absolute atomic E-state index is 12.6. The fraction of sp³-hybridized carbons (Fsp3) is 0.533. The highest BCUT2D eigenvalue weighted by atomic mass is 19.4. The molecule has 1 aliphatic rings. The summed E-state index contributed by atoms with van der Waals surface area (Å²) in [6.07, 6.45) is -2.25. The topological polar surface area (TPSA) is 21.5 Å². The molecule has 0 amide bonds. The molecule has 0 saturated carbocycles. The van der Waals surface area contributed by atoms with Crippen LogP contribution in [0, 0.1) is 5.92 Å². The Hall–Kier alpha value is -1.36. The van der Waals surface area contributed by atoms with Gasteiger partial charge in [-0.3, -0.25) is 4.79 Å². The fourth-order valence-corrected chi connectivity index (χ4v) is 2.55. The Morgan fingerprint density at radius 2 is 1.95 bits per heavy atom. The third-order valence-corrected chi connectivity index (χ3v) is 3.90. The summed E-state index contributed by atoms with van der Waals surface area (Å²) >= 11 is 0. The van der Waals surface area contributed by atoms with Crippen molar-refractivity contribution in [1.82, 2.24) is 0 Å². The molecule has 0 atom stereocenters. The molecule has 2 rings (SSSR count). The predicted octanol–water partition coefficient (Wildman–Crippen LogP) is 2.20. The van der Waals surface area contributed by atoms with Gasteiger partial charge in [0.05, 0.1) is 18.7 Å². The molecule has 1 aliphatic heterocycles. The largest absolute Gasteiger partial charge is 0.416 e. The average molecular weight is 286 g/mol. The molecule has 0 unspecified atom stereocenters. The predicted molar refractivity (Wildman–Crippen MR) is 69.7 cm³/mol. The summed E-state index contributed by atoms with van der Waals surface area (Å²) in [5.41, 5.74) is -0.600. The molecule has 1 saturated heterocycles. The summed E-state index contributed by atoms with van der Waals surface area (Å²) in [7, 11) is 0. The summed E-state index contributed by atoms with van der Waals surface area (Å²) in [6, 6.07) is 4.70. The minimum atomic E-state index is -4.40. The molecule has 20 heavy (non-hydrogen) atoms. The molecular weight excluding hydrogens is 267 g/mol. The number of ketones is 1. The number of alkyl halides is 3. The summed E-state index contributed by atoms with van der Waals surface area (Å²) in [5.74, 6) is 0.475. The number of nitrogens with one attached hydrogen (secondary N) is 1. The van der Waals surface area contributed by atoms with Crippen LogP contribution in [0.25, 0.3) is 0 Å². The first kappa shape index (κ1) is 15.0. The lowest BCUT2D eigenvalue weighted by molar-refractivity contribution is -0.897. The molecule has 0 radical (unpaired) electrons. The number of likely N-dealkylation sites (tertiary alicyclic amines) is 1. The van der Waals surface area contributed by atoms with Gasteiger partial charge in [-0.25, -0.2) is 0 Å². The summed E-state index contributed by atoms with van der Waals surface area (Å²) < 4.78 is 37.8. The van der Waals surface area contributed by atoms with Gasteiger partial charge in [0.25, 0.3) is 0 Å². The Balaban J connectivity index is 2.02. The number of carbonyl (C=O) groups excluding carboxylic acids is 1. The number of rotatable bonds is 3. The zero-order valence-corrected chi connectivity index (χ0v) is 11.5. The monoisotopic (exact) mass is 286 g/mol. The van der Waals surface area contributed by atoms with E-state index >= 15 is 0 Å². The first-order valence-electron chi connectivity index (χ1n) is 6.90. The van der Waals surface area contributed by atoms with E-state index in [2.05, 4.69) is 6.92 Å². The van der Waals surface area contributed by atoms with Crippen LogP contribution in [0.15, 0.2) is 24.3 Å². The minimum absolute atomic E-state index is 0.158. The normalized spacial score (nSPS) is 23.6. The van der Waals surface area contributed by atoms with Crippen molar-refractivity contribution < 1.29 is 22.9 Å². The quantitative estimate of drug-likeness (QED) is 0.845. The van der Waals surface area contributed by atoms with Gasteiger partial charge in [0, 0.05) is 5.56 Å². The lowest BCUT2D eigenvalue weighted by Crippen LogP contribution is -3.13. The number of quaternary nitrogens is 1. The third kappa shape index (κ3) is 3.82. The fourth-order valence-electron chi connectivity index (χ4n) is 2.55. The van der Waals surface area contributed by atoms with E-state index in [0.29, 0.717) is 5.92 Å². The van der Waals surface area contributed by atoms with Crippen LogP contribution in [0.2, 0.25) is 0 Å². The third-order valence-electron chi connectivity index (χ3n) is 3.90. The number of hydrogen-bond donors (Lipinski definition) is 1. The summed E-state index contributed by atoms with van der Waals surface area (Å²) in [6.45, 7) is 4.32. The van der Waals surface area contributed by atoms with Gasteiger partial charge in [0.15, 0.2) is 0 Å². The van der Waals surface area contributed by atoms with Gasteiger partial charge >= 0.3 is 6.18 Å². The van der Waals surface area contributed by atoms with E-state index in [1.165, 1.54) is 17.0 Å². The van der Waals surface area contributed by atoms with Crippen molar-refractivity contribution in [3.05, 3.63) is 35.4 Å². The van der Waals surface area contributed by atoms with Crippen molar-refractivity contribution >= 4 is 5.78 Å². The van der Waals surface area contributed by atoms with Gasteiger partial charge in [-0.15, -0.1) is 0 Å². The van der Waals surface area contributed by atoms with Gasteiger partial charge in [0.2, 0.25) is 5.78 Å². The van der Waals surface area contributed by atoms with Gasteiger partial charge < -0.3 is 4.90 Å². The number of piperidine rings is 1. The lowest BCUT2D eigenvalue weighted by Gasteiger charge is -2.26. The molecule has 1 aromatic rings. The van der Waals surface area contributed by atoms with Crippen molar-refractivity contribution in [3.8, 4) is 0 Å². The van der Waals surface area contributed by atoms with Crippen molar-refractivity contribution in [2.45, 2.75) is 25.9 Å². The minimum Gasteiger partial charge on any atom is -0.328 e. The van der Waals surface area contributed by atoms with E-state index < -0.39 is 11.7 Å². The molecule has 0 bridgehead atoms. The molecule has 2 nitrogen and oxygen atoms in total. The highest BCUT2D eigenvalue weighted by Crippen LogP contribution is 2.29. The van der Waals surface area contributed by atoms with Gasteiger partial charge in [-0.05, 0) is 30.9 Å². The van der Waals surface area contributed by atoms with E-state index in [-0.39, 0.29) is 17.9 Å².